The maximum absolute atomic E-state index is 12.6. The molecule has 1 spiro atoms. The van der Waals surface area contributed by atoms with Crippen LogP contribution < -0.4 is 20.1 Å². The van der Waals surface area contributed by atoms with Crippen molar-refractivity contribution in [1.82, 2.24) is 10.6 Å². The van der Waals surface area contributed by atoms with E-state index in [0.717, 1.165) is 16.7 Å². The molecule has 0 bridgehead atoms. The number of benzene rings is 3. The number of methoxy groups -OCH3 is 2. The Labute approximate surface area is 224 Å². The topological polar surface area (TPSA) is 132 Å². The second kappa shape index (κ2) is 10.5. The number of urea groups is 1. The summed E-state index contributed by atoms with van der Waals surface area (Å²) in [6, 6.07) is 23.4. The quantitative estimate of drug-likeness (QED) is 0.297. The van der Waals surface area contributed by atoms with Crippen molar-refractivity contribution in [3.8, 4) is 11.5 Å². The van der Waals surface area contributed by atoms with Gasteiger partial charge in [-0.2, -0.15) is 0 Å². The van der Waals surface area contributed by atoms with Crippen LogP contribution in [0.4, 0.5) is 4.79 Å². The lowest BCUT2D eigenvalue weighted by Crippen LogP contribution is -2.66. The number of nitrogens with one attached hydrogen (secondary N) is 2. The summed E-state index contributed by atoms with van der Waals surface area (Å²) in [5.74, 6) is -0.513. The third-order valence-electron chi connectivity index (χ3n) is 7.10. The Hall–Kier alpha value is -4.25. The Morgan fingerprint density at radius 3 is 1.79 bits per heavy atom. The van der Waals surface area contributed by atoms with Crippen molar-refractivity contribution in [2.24, 2.45) is 0 Å². The zero-order valence-electron chi connectivity index (χ0n) is 21.4. The fraction of sp³-hybridized carbons (Fsp3) is 0.276. The molecule has 0 radical (unpaired) electrons. The Kier molecular flexibility index (Phi) is 7.09. The van der Waals surface area contributed by atoms with Gasteiger partial charge in [-0.05, 0) is 41.0 Å². The van der Waals surface area contributed by atoms with E-state index in [4.69, 9.17) is 18.9 Å². The lowest BCUT2D eigenvalue weighted by atomic mass is 9.80. The van der Waals surface area contributed by atoms with Gasteiger partial charge in [-0.3, -0.25) is 20.2 Å². The molecule has 4 amide bonds. The van der Waals surface area contributed by atoms with Crippen LogP contribution in [-0.2, 0) is 24.7 Å². The van der Waals surface area contributed by atoms with Gasteiger partial charge in [0.25, 0.3) is 11.8 Å². The van der Waals surface area contributed by atoms with Crippen molar-refractivity contribution in [3.63, 3.8) is 0 Å². The first-order chi connectivity index (χ1) is 18.8. The van der Waals surface area contributed by atoms with Crippen LogP contribution in [-0.4, -0.2) is 61.6 Å². The zero-order chi connectivity index (χ0) is 27.6. The van der Waals surface area contributed by atoms with Gasteiger partial charge in [-0.1, -0.05) is 54.6 Å². The molecule has 0 unspecified atom stereocenters. The smallest absolute Gasteiger partial charge is 0.328 e. The lowest BCUT2D eigenvalue weighted by molar-refractivity contribution is -0.165. The minimum atomic E-state index is -2.03. The van der Waals surface area contributed by atoms with Crippen molar-refractivity contribution in [1.29, 1.82) is 0 Å². The van der Waals surface area contributed by atoms with Crippen molar-refractivity contribution in [3.05, 3.63) is 95.6 Å². The van der Waals surface area contributed by atoms with E-state index in [-0.39, 0.29) is 13.0 Å². The maximum atomic E-state index is 12.6. The van der Waals surface area contributed by atoms with Gasteiger partial charge in [0.1, 0.15) is 23.2 Å². The van der Waals surface area contributed by atoms with E-state index in [9.17, 15) is 19.5 Å². The van der Waals surface area contributed by atoms with Crippen LogP contribution in [0.2, 0.25) is 0 Å². The average Bonchev–Trinajstić information content (AvgIpc) is 3.31. The van der Waals surface area contributed by atoms with Crippen LogP contribution in [0.25, 0.3) is 0 Å². The molecule has 3 aromatic carbocycles. The summed E-state index contributed by atoms with van der Waals surface area (Å²) in [6.45, 7) is -0.190. The monoisotopic (exact) mass is 532 g/mol. The van der Waals surface area contributed by atoms with Crippen LogP contribution in [0.1, 0.15) is 23.1 Å². The van der Waals surface area contributed by atoms with Crippen molar-refractivity contribution in [2.75, 3.05) is 20.8 Å². The highest BCUT2D eigenvalue weighted by atomic mass is 16.6. The lowest BCUT2D eigenvalue weighted by Gasteiger charge is -2.37. The highest BCUT2D eigenvalue weighted by Gasteiger charge is 2.60. The molecule has 5 rings (SSSR count). The fourth-order valence-electron chi connectivity index (χ4n) is 5.07. The largest absolute Gasteiger partial charge is 0.497 e. The van der Waals surface area contributed by atoms with Crippen LogP contribution in [0.3, 0.4) is 0 Å². The van der Waals surface area contributed by atoms with Gasteiger partial charge in [0.15, 0.2) is 0 Å². The first-order valence-electron chi connectivity index (χ1n) is 12.3. The molecule has 3 N–H and O–H groups in total. The average molecular weight is 533 g/mol. The molecule has 10 heteroatoms. The summed E-state index contributed by atoms with van der Waals surface area (Å²) in [6.07, 6.45) is -2.58. The maximum Gasteiger partial charge on any atom is 0.328 e. The number of imide groups is 2. The summed E-state index contributed by atoms with van der Waals surface area (Å²) in [7, 11) is 3.17. The number of aliphatic hydroxyl groups is 1. The van der Waals surface area contributed by atoms with Gasteiger partial charge in [0, 0.05) is 6.42 Å². The van der Waals surface area contributed by atoms with Crippen LogP contribution in [0, 0.1) is 0 Å². The van der Waals surface area contributed by atoms with Crippen LogP contribution in [0.5, 0.6) is 11.5 Å². The second-order valence-electron chi connectivity index (χ2n) is 9.31. The standard InChI is InChI=1S/C29H28N2O8/c1-36-21-12-8-19(9-13-21)29(18-6-4-3-5-7-18,20-10-14-22(37-2)15-11-20)38-17-24-23(32)16-28(39-24)25(33)30-27(35)31-26(28)34/h3-15,23-24,32H,16-17H2,1-2H3,(H2,30,31,33,34,35)/t23-,24+/m0/s1. The zero-order valence-corrected chi connectivity index (χ0v) is 21.4. The van der Waals surface area contributed by atoms with E-state index in [0.29, 0.717) is 11.5 Å². The molecule has 3 aromatic rings. The van der Waals surface area contributed by atoms with E-state index in [1.807, 2.05) is 89.5 Å². The molecular weight excluding hydrogens is 504 g/mol. The molecule has 10 nitrogen and oxygen atoms in total. The minimum Gasteiger partial charge on any atom is -0.497 e. The van der Waals surface area contributed by atoms with Gasteiger partial charge in [0.05, 0.1) is 26.9 Å². The predicted octanol–water partition coefficient (Wildman–Crippen LogP) is 2.27. The molecule has 39 heavy (non-hydrogen) atoms. The number of carbonyl (C=O) groups is 3. The number of hydrogen-bond donors (Lipinski definition) is 3. The van der Waals surface area contributed by atoms with Gasteiger partial charge in [-0.15, -0.1) is 0 Å². The highest BCUT2D eigenvalue weighted by molar-refractivity contribution is 6.21. The summed E-state index contributed by atoms with van der Waals surface area (Å²) in [5, 5.41) is 15.0. The molecule has 0 aliphatic carbocycles. The third kappa shape index (κ3) is 4.63. The first kappa shape index (κ1) is 26.4. The molecular formula is C29H28N2O8. The molecule has 202 valence electrons. The number of amides is 4. The van der Waals surface area contributed by atoms with E-state index >= 15 is 0 Å². The van der Waals surface area contributed by atoms with Gasteiger partial charge in [-0.25, -0.2) is 4.79 Å². The van der Waals surface area contributed by atoms with Crippen molar-refractivity contribution >= 4 is 17.8 Å². The summed E-state index contributed by atoms with van der Waals surface area (Å²) in [5.41, 5.74) is -0.898. The van der Waals surface area contributed by atoms with E-state index < -0.39 is 41.3 Å². The van der Waals surface area contributed by atoms with E-state index in [1.54, 1.807) is 14.2 Å². The third-order valence-corrected chi connectivity index (χ3v) is 7.10. The normalized spacial score (nSPS) is 20.4. The summed E-state index contributed by atoms with van der Waals surface area (Å²) in [4.78, 5) is 36.8. The van der Waals surface area contributed by atoms with Gasteiger partial charge >= 0.3 is 6.03 Å². The number of hydrogen-bond acceptors (Lipinski definition) is 8. The highest BCUT2D eigenvalue weighted by Crippen LogP contribution is 2.43. The molecule has 2 aliphatic rings. The number of ether oxygens (including phenoxy) is 4. The second-order valence-corrected chi connectivity index (χ2v) is 9.31. The molecule has 0 aromatic heterocycles. The summed E-state index contributed by atoms with van der Waals surface area (Å²) < 4.78 is 23.3. The molecule has 2 atom stereocenters. The summed E-state index contributed by atoms with van der Waals surface area (Å²) >= 11 is 0. The van der Waals surface area contributed by atoms with Gasteiger partial charge in [0.2, 0.25) is 5.60 Å². The first-order valence-corrected chi connectivity index (χ1v) is 12.3. The van der Waals surface area contributed by atoms with E-state index in [2.05, 4.69) is 0 Å². The number of aliphatic hydroxyl groups excluding tert-OH is 1. The number of rotatable bonds is 8. The van der Waals surface area contributed by atoms with Crippen molar-refractivity contribution < 1.29 is 38.4 Å². The fourth-order valence-corrected chi connectivity index (χ4v) is 5.07. The Morgan fingerprint density at radius 1 is 0.821 bits per heavy atom. The predicted molar refractivity (Wildman–Crippen MR) is 138 cm³/mol. The molecule has 2 saturated heterocycles. The Balaban J connectivity index is 1.56. The molecule has 2 aliphatic heterocycles. The number of carbonyl (C=O) groups excluding carboxylic acids is 3. The SMILES string of the molecule is COc1ccc(C(OC[C@H]2OC3(C[C@@H]2O)C(=O)NC(=O)NC3=O)(c2ccccc2)c2ccc(OC)cc2)cc1. The molecule has 2 heterocycles. The van der Waals surface area contributed by atoms with E-state index in [1.165, 1.54) is 0 Å². The van der Waals surface area contributed by atoms with Crippen LogP contribution in [0.15, 0.2) is 78.9 Å². The molecule has 2 fully saturated rings. The van der Waals surface area contributed by atoms with Crippen LogP contribution >= 0.6 is 0 Å². The number of barbiturate groups is 1. The Bertz CT molecular complexity index is 1290. The Morgan fingerprint density at radius 2 is 1.31 bits per heavy atom. The van der Waals surface area contributed by atoms with Gasteiger partial charge < -0.3 is 24.1 Å². The molecule has 0 saturated carbocycles. The minimum absolute atomic E-state index is 0.190. The van der Waals surface area contributed by atoms with Crippen molar-refractivity contribution in [2.45, 2.75) is 29.8 Å².